The van der Waals surface area contributed by atoms with Gasteiger partial charge in [-0.25, -0.2) is 0 Å². The molecule has 3 N–H and O–H groups in total. The van der Waals surface area contributed by atoms with E-state index in [0.717, 1.165) is 58.5 Å². The van der Waals surface area contributed by atoms with Gasteiger partial charge in [-0.1, -0.05) is 0 Å². The van der Waals surface area contributed by atoms with Crippen molar-refractivity contribution in [3.8, 4) is 0 Å². The molecule has 0 aromatic carbocycles. The molecule has 6 nitrogen and oxygen atoms in total. The zero-order chi connectivity index (χ0) is 14.4. The van der Waals surface area contributed by atoms with Crippen molar-refractivity contribution in [2.45, 2.75) is 25.7 Å². The summed E-state index contributed by atoms with van der Waals surface area (Å²) in [6.07, 6.45) is 3.46. The molecule has 0 spiro atoms. The molecule has 0 aromatic heterocycles. The van der Waals surface area contributed by atoms with Gasteiger partial charge in [-0.15, -0.1) is 0 Å². The minimum absolute atomic E-state index is 0.211. The lowest BCUT2D eigenvalue weighted by molar-refractivity contribution is -0.132. The summed E-state index contributed by atoms with van der Waals surface area (Å²) in [6, 6.07) is 0. The molecule has 0 saturated carbocycles. The zero-order valence-electron chi connectivity index (χ0n) is 12.1. The molecule has 20 heavy (non-hydrogen) atoms. The third-order valence-corrected chi connectivity index (χ3v) is 4.25. The third kappa shape index (κ3) is 4.76. The number of hydrogen-bond donors (Lipinski definition) is 2. The Bertz CT molecular complexity index is 332. The molecule has 114 valence electrons. The van der Waals surface area contributed by atoms with Crippen LogP contribution in [0.2, 0.25) is 0 Å². The van der Waals surface area contributed by atoms with Gasteiger partial charge in [0.1, 0.15) is 0 Å². The summed E-state index contributed by atoms with van der Waals surface area (Å²) in [5, 5.41) is 3.31. The minimum Gasteiger partial charge on any atom is -0.370 e. The average molecular weight is 282 g/mol. The lowest BCUT2D eigenvalue weighted by Crippen LogP contribution is -2.44. The number of nitrogens with one attached hydrogen (secondary N) is 1. The molecular weight excluding hydrogens is 256 g/mol. The Morgan fingerprint density at radius 3 is 2.55 bits per heavy atom. The number of piperidine rings is 1. The van der Waals surface area contributed by atoms with E-state index >= 15 is 0 Å². The van der Waals surface area contributed by atoms with Gasteiger partial charge in [0.25, 0.3) is 0 Å². The van der Waals surface area contributed by atoms with Crippen LogP contribution >= 0.6 is 0 Å². The Balaban J connectivity index is 1.71. The Morgan fingerprint density at radius 1 is 1.10 bits per heavy atom. The third-order valence-electron chi connectivity index (χ3n) is 4.25. The van der Waals surface area contributed by atoms with Crippen LogP contribution in [0, 0.1) is 5.92 Å². The quantitative estimate of drug-likeness (QED) is 0.721. The molecule has 2 aliphatic heterocycles. The van der Waals surface area contributed by atoms with E-state index < -0.39 is 0 Å². The second-order valence-corrected chi connectivity index (χ2v) is 5.87. The fourth-order valence-corrected chi connectivity index (χ4v) is 3.02. The van der Waals surface area contributed by atoms with Crippen molar-refractivity contribution in [1.29, 1.82) is 0 Å². The average Bonchev–Trinajstić information content (AvgIpc) is 2.69. The molecule has 2 amide bonds. The first kappa shape index (κ1) is 15.3. The minimum atomic E-state index is -0.211. The Morgan fingerprint density at radius 2 is 1.85 bits per heavy atom. The summed E-state index contributed by atoms with van der Waals surface area (Å²) in [5.74, 6) is 0.430. The lowest BCUT2D eigenvalue weighted by atomic mass is 9.93. The number of carbonyl (C=O) groups is 2. The van der Waals surface area contributed by atoms with Gasteiger partial charge in [0.15, 0.2) is 0 Å². The van der Waals surface area contributed by atoms with Crippen LogP contribution in [0.25, 0.3) is 0 Å². The SMILES string of the molecule is NC(=O)CC1CCN(CC(=O)N2CCCNCC2)CC1. The summed E-state index contributed by atoms with van der Waals surface area (Å²) >= 11 is 0. The predicted molar refractivity (Wildman–Crippen MR) is 77.0 cm³/mol. The summed E-state index contributed by atoms with van der Waals surface area (Å²) in [4.78, 5) is 27.3. The van der Waals surface area contributed by atoms with Crippen molar-refractivity contribution in [3.05, 3.63) is 0 Å². The van der Waals surface area contributed by atoms with Gasteiger partial charge in [0, 0.05) is 26.1 Å². The number of nitrogens with two attached hydrogens (primary N) is 1. The van der Waals surface area contributed by atoms with E-state index in [-0.39, 0.29) is 11.8 Å². The molecule has 0 atom stereocenters. The fourth-order valence-electron chi connectivity index (χ4n) is 3.02. The van der Waals surface area contributed by atoms with Crippen LogP contribution < -0.4 is 11.1 Å². The van der Waals surface area contributed by atoms with Crippen molar-refractivity contribution < 1.29 is 9.59 Å². The van der Waals surface area contributed by atoms with Crippen molar-refractivity contribution >= 4 is 11.8 Å². The predicted octanol–water partition coefficient (Wildman–Crippen LogP) is -0.604. The van der Waals surface area contributed by atoms with E-state index in [9.17, 15) is 9.59 Å². The number of carbonyl (C=O) groups excluding carboxylic acids is 2. The standard InChI is InChI=1S/C14H26N4O2/c15-13(19)10-12-2-7-17(8-3-12)11-14(20)18-6-1-4-16-5-9-18/h12,16H,1-11H2,(H2,15,19). The van der Waals surface area contributed by atoms with E-state index in [0.29, 0.717) is 18.9 Å². The normalized spacial score (nSPS) is 22.5. The van der Waals surface area contributed by atoms with Gasteiger partial charge in [-0.05, 0) is 44.8 Å². The molecule has 0 unspecified atom stereocenters. The van der Waals surface area contributed by atoms with Crippen molar-refractivity contribution in [3.63, 3.8) is 0 Å². The first-order valence-electron chi connectivity index (χ1n) is 7.64. The fraction of sp³-hybridized carbons (Fsp3) is 0.857. The smallest absolute Gasteiger partial charge is 0.236 e. The van der Waals surface area contributed by atoms with Crippen LogP contribution in [0.3, 0.4) is 0 Å². The van der Waals surface area contributed by atoms with Crippen molar-refractivity contribution in [1.82, 2.24) is 15.1 Å². The van der Waals surface area contributed by atoms with Crippen molar-refractivity contribution in [2.24, 2.45) is 11.7 Å². The van der Waals surface area contributed by atoms with Crippen LogP contribution in [-0.4, -0.2) is 67.4 Å². The summed E-state index contributed by atoms with van der Waals surface area (Å²) in [5.41, 5.74) is 5.23. The van der Waals surface area contributed by atoms with Gasteiger partial charge >= 0.3 is 0 Å². The Kier molecular flexibility index (Phi) is 5.79. The second kappa shape index (κ2) is 7.59. The number of nitrogens with zero attached hydrogens (tertiary/aromatic N) is 2. The largest absolute Gasteiger partial charge is 0.370 e. The van der Waals surface area contributed by atoms with Crippen LogP contribution in [-0.2, 0) is 9.59 Å². The van der Waals surface area contributed by atoms with Gasteiger partial charge in [0.2, 0.25) is 11.8 Å². The van der Waals surface area contributed by atoms with Crippen LogP contribution in [0.15, 0.2) is 0 Å². The summed E-state index contributed by atoms with van der Waals surface area (Å²) in [6.45, 7) is 5.89. The van der Waals surface area contributed by atoms with Gasteiger partial charge in [-0.2, -0.15) is 0 Å². The highest BCUT2D eigenvalue weighted by Gasteiger charge is 2.24. The van der Waals surface area contributed by atoms with Crippen molar-refractivity contribution in [2.75, 3.05) is 45.8 Å². The van der Waals surface area contributed by atoms with E-state index in [4.69, 9.17) is 5.73 Å². The first-order valence-corrected chi connectivity index (χ1v) is 7.64. The number of amides is 2. The first-order chi connectivity index (χ1) is 9.65. The highest BCUT2D eigenvalue weighted by Crippen LogP contribution is 2.20. The molecule has 0 aliphatic carbocycles. The topological polar surface area (TPSA) is 78.7 Å². The van der Waals surface area contributed by atoms with Gasteiger partial charge in [-0.3, -0.25) is 14.5 Å². The van der Waals surface area contributed by atoms with Crippen LogP contribution in [0.4, 0.5) is 0 Å². The Labute approximate surface area is 120 Å². The summed E-state index contributed by atoms with van der Waals surface area (Å²) < 4.78 is 0. The van der Waals surface area contributed by atoms with E-state index in [2.05, 4.69) is 10.2 Å². The molecule has 6 heteroatoms. The maximum atomic E-state index is 12.3. The maximum absolute atomic E-state index is 12.3. The summed E-state index contributed by atoms with van der Waals surface area (Å²) in [7, 11) is 0. The van der Waals surface area contributed by atoms with Gasteiger partial charge < -0.3 is 16.0 Å². The molecule has 2 heterocycles. The monoisotopic (exact) mass is 282 g/mol. The molecule has 0 radical (unpaired) electrons. The lowest BCUT2D eigenvalue weighted by Gasteiger charge is -2.32. The van der Waals surface area contributed by atoms with E-state index in [1.54, 1.807) is 0 Å². The molecule has 2 saturated heterocycles. The highest BCUT2D eigenvalue weighted by molar-refractivity contribution is 5.78. The van der Waals surface area contributed by atoms with E-state index in [1.165, 1.54) is 0 Å². The number of likely N-dealkylation sites (tertiary alicyclic amines) is 1. The molecular formula is C14H26N4O2. The highest BCUT2D eigenvalue weighted by atomic mass is 16.2. The number of rotatable bonds is 4. The molecule has 2 fully saturated rings. The molecule has 2 rings (SSSR count). The number of primary amides is 1. The van der Waals surface area contributed by atoms with Crippen LogP contribution in [0.1, 0.15) is 25.7 Å². The molecule has 0 aromatic rings. The Hall–Kier alpha value is -1.14. The maximum Gasteiger partial charge on any atom is 0.236 e. The number of hydrogen-bond acceptors (Lipinski definition) is 4. The van der Waals surface area contributed by atoms with E-state index in [1.807, 2.05) is 4.90 Å². The second-order valence-electron chi connectivity index (χ2n) is 5.87. The molecule has 2 aliphatic rings. The van der Waals surface area contributed by atoms with Crippen LogP contribution in [0.5, 0.6) is 0 Å². The molecule has 0 bridgehead atoms. The van der Waals surface area contributed by atoms with Gasteiger partial charge in [0.05, 0.1) is 6.54 Å². The zero-order valence-corrected chi connectivity index (χ0v) is 12.1.